The fourth-order valence-corrected chi connectivity index (χ4v) is 0. The van der Waals surface area contributed by atoms with Crippen molar-refractivity contribution in [3.8, 4) is 12.3 Å². The summed E-state index contributed by atoms with van der Waals surface area (Å²) in [5.41, 5.74) is 2.00. The van der Waals surface area contributed by atoms with Gasteiger partial charge in [0.25, 0.3) is 0 Å². The quantitative estimate of drug-likeness (QED) is 0.335. The molecule has 0 saturated heterocycles. The minimum atomic E-state index is -1.22. The van der Waals surface area contributed by atoms with Crippen LogP contribution in [0.25, 0.3) is 0 Å². The van der Waals surface area contributed by atoms with Crippen LogP contribution in [0.1, 0.15) is 0 Å². The molecule has 2 nitrogen and oxygen atoms in total. The molecule has 7 heavy (non-hydrogen) atoms. The Bertz CT molecular complexity index is 82.2. The van der Waals surface area contributed by atoms with Crippen LogP contribution in [-0.2, 0) is 4.79 Å². The first kappa shape index (κ1) is 9.80. The molecule has 0 unspecified atom stereocenters. The monoisotopic (exact) mass is 92.0 g/mol. The molecule has 0 aromatic rings. The molecule has 0 aromatic heterocycles. The number of rotatable bonds is 0. The van der Waals surface area contributed by atoms with Gasteiger partial charge >= 0.3 is 29.3 Å². The van der Waals surface area contributed by atoms with Gasteiger partial charge in [-0.25, -0.2) is 4.79 Å². The Kier molecular flexibility index (Phi) is 12.8. The van der Waals surface area contributed by atoms with Crippen molar-refractivity contribution in [1.82, 2.24) is 0 Å². The van der Waals surface area contributed by atoms with Crippen LogP contribution in [0.15, 0.2) is 0 Å². The van der Waals surface area contributed by atoms with Crippen LogP contribution in [0.3, 0.4) is 0 Å². The molecule has 34 valence electrons. The summed E-state index contributed by atoms with van der Waals surface area (Å²) in [7, 11) is 0. The molecule has 0 fully saturated rings. The van der Waals surface area contributed by atoms with Crippen LogP contribution < -0.4 is 0 Å². The van der Waals surface area contributed by atoms with E-state index in [4.69, 9.17) is 9.90 Å². The van der Waals surface area contributed by atoms with Gasteiger partial charge < -0.3 is 5.11 Å². The third kappa shape index (κ3) is 28.0. The van der Waals surface area contributed by atoms with E-state index in [-0.39, 0.29) is 0 Å². The molecule has 0 amide bonds. The van der Waals surface area contributed by atoms with Crippen LogP contribution in [0.5, 0.6) is 0 Å². The number of carboxylic acid groups (broad SMARTS) is 1. The first-order valence-corrected chi connectivity index (χ1v) is 1.97. The summed E-state index contributed by atoms with van der Waals surface area (Å²) in [6.45, 7) is 0. The van der Waals surface area contributed by atoms with Crippen molar-refractivity contribution in [1.29, 1.82) is 0 Å². The summed E-state index contributed by atoms with van der Waals surface area (Å²) in [6, 6.07) is 0. The Morgan fingerprint density at radius 1 is 1.86 bits per heavy atom. The van der Waals surface area contributed by atoms with E-state index in [1.807, 2.05) is 23.3 Å². The average Bonchev–Trinajstić information content (AvgIpc) is 1.73. The van der Waals surface area contributed by atoms with Crippen molar-refractivity contribution in [2.45, 2.75) is 5.60 Å². The topological polar surface area (TPSA) is 37.3 Å². The molecule has 0 spiro atoms. The van der Waals surface area contributed by atoms with E-state index in [0.29, 0.717) is 0 Å². The molecule has 0 aliphatic heterocycles. The third-order valence-corrected chi connectivity index (χ3v) is 0.123. The number of aliphatic carboxylic acids is 1. The SMILES string of the molecule is C#CC(=O)O.[Li][CH3]. The van der Waals surface area contributed by atoms with Crippen molar-refractivity contribution in [3.63, 3.8) is 0 Å². The normalized spacial score (nSPS) is 4.86. The van der Waals surface area contributed by atoms with E-state index in [1.165, 1.54) is 5.92 Å². The molecule has 0 aromatic carbocycles. The van der Waals surface area contributed by atoms with Gasteiger partial charge in [-0.1, -0.05) is 0 Å². The summed E-state index contributed by atoms with van der Waals surface area (Å²) < 4.78 is 0. The second-order valence-corrected chi connectivity index (χ2v) is 0.449. The molecule has 0 bridgehead atoms. The van der Waals surface area contributed by atoms with E-state index in [0.717, 1.165) is 0 Å². The molecule has 1 N–H and O–H groups in total. The molecule has 0 heterocycles. The first-order valence-electron chi connectivity index (χ1n) is 1.97. The van der Waals surface area contributed by atoms with Gasteiger partial charge in [-0.05, 0) is 0 Å². The average molecular weight is 92.0 g/mol. The molecule has 0 atom stereocenters. The van der Waals surface area contributed by atoms with Crippen molar-refractivity contribution in [3.05, 3.63) is 0 Å². The van der Waals surface area contributed by atoms with Crippen molar-refractivity contribution in [2.24, 2.45) is 0 Å². The van der Waals surface area contributed by atoms with E-state index < -0.39 is 5.97 Å². The van der Waals surface area contributed by atoms with Gasteiger partial charge in [0.05, 0.1) is 0 Å². The fraction of sp³-hybridized carbons (Fsp3) is 0.250. The number of hydrogen-bond acceptors (Lipinski definition) is 1. The molecule has 0 radical (unpaired) electrons. The van der Waals surface area contributed by atoms with Crippen LogP contribution in [-0.4, -0.2) is 28.8 Å². The Morgan fingerprint density at radius 2 is 2.00 bits per heavy atom. The van der Waals surface area contributed by atoms with Crippen molar-refractivity contribution < 1.29 is 9.90 Å². The molecule has 0 saturated carbocycles. The van der Waals surface area contributed by atoms with E-state index in [9.17, 15) is 0 Å². The molecule has 0 aliphatic rings. The zero-order chi connectivity index (χ0) is 6.28. The number of terminal acetylenes is 1. The zero-order valence-corrected chi connectivity index (χ0v) is 4.43. The maximum absolute atomic E-state index is 9.13. The predicted molar refractivity (Wildman–Crippen MR) is 28.1 cm³/mol. The first-order chi connectivity index (χ1) is 3.27. The Morgan fingerprint density at radius 3 is 2.00 bits per heavy atom. The molecular formula is C4H5LiO2. The van der Waals surface area contributed by atoms with Crippen LogP contribution in [0, 0.1) is 12.3 Å². The summed E-state index contributed by atoms with van der Waals surface area (Å²) >= 11 is 2.00. The summed E-state index contributed by atoms with van der Waals surface area (Å²) in [5.74, 6) is 0.227. The van der Waals surface area contributed by atoms with Gasteiger partial charge in [0.15, 0.2) is 0 Å². The van der Waals surface area contributed by atoms with Gasteiger partial charge in [0.2, 0.25) is 0 Å². The van der Waals surface area contributed by atoms with Crippen molar-refractivity contribution >= 4 is 23.7 Å². The third-order valence-electron chi connectivity index (χ3n) is 0.123. The zero-order valence-electron chi connectivity index (χ0n) is 4.43. The van der Waals surface area contributed by atoms with E-state index in [1.54, 1.807) is 0 Å². The van der Waals surface area contributed by atoms with E-state index >= 15 is 0 Å². The summed E-state index contributed by atoms with van der Waals surface area (Å²) in [5, 5.41) is 7.49. The standard InChI is InChI=1S/C3H2O2.CH3.Li/c1-2-3(4)5;;/h1H,(H,4,5);1H3;. The van der Waals surface area contributed by atoms with Gasteiger partial charge in [-0.15, -0.1) is 6.42 Å². The minimum absolute atomic E-state index is 1.22. The van der Waals surface area contributed by atoms with Crippen molar-refractivity contribution in [2.75, 3.05) is 0 Å². The number of hydrogen-bond donors (Lipinski definition) is 1. The van der Waals surface area contributed by atoms with Crippen LogP contribution in [0.4, 0.5) is 0 Å². The van der Waals surface area contributed by atoms with Crippen LogP contribution >= 0.6 is 0 Å². The number of carboxylic acids is 1. The Labute approximate surface area is 52.1 Å². The maximum atomic E-state index is 9.13. The molecule has 3 heteroatoms. The Balaban J connectivity index is 0. The van der Waals surface area contributed by atoms with Gasteiger partial charge in [0, 0.05) is 5.92 Å². The molecular weight excluding hydrogens is 87.0 g/mol. The van der Waals surface area contributed by atoms with Gasteiger partial charge in [0.1, 0.15) is 0 Å². The molecule has 0 rings (SSSR count). The summed E-state index contributed by atoms with van der Waals surface area (Å²) in [6.07, 6.45) is 4.32. The Hall–Kier alpha value is -0.373. The summed E-state index contributed by atoms with van der Waals surface area (Å²) in [4.78, 5) is 9.13. The molecule has 0 aliphatic carbocycles. The second kappa shape index (κ2) is 9.16. The van der Waals surface area contributed by atoms with Gasteiger partial charge in [-0.3, -0.25) is 0 Å². The number of carbonyl (C=O) groups is 1. The predicted octanol–water partition coefficient (Wildman–Crippen LogP) is -0.0928. The van der Waals surface area contributed by atoms with Gasteiger partial charge in [-0.2, -0.15) is 0 Å². The second-order valence-electron chi connectivity index (χ2n) is 0.449. The van der Waals surface area contributed by atoms with E-state index in [2.05, 4.69) is 6.42 Å². The fourth-order valence-electron chi connectivity index (χ4n) is 0. The van der Waals surface area contributed by atoms with Crippen LogP contribution in [0.2, 0.25) is 5.60 Å².